The number of carbonyl (C=O) groups excluding carboxylic acids is 1. The maximum absolute atomic E-state index is 12.6. The van der Waals surface area contributed by atoms with Gasteiger partial charge in [-0.05, 0) is 30.3 Å². The van der Waals surface area contributed by atoms with Crippen molar-refractivity contribution in [2.45, 2.75) is 13.0 Å². The average molecular weight is 387 g/mol. The Labute approximate surface area is 160 Å². The van der Waals surface area contributed by atoms with Gasteiger partial charge in [-0.2, -0.15) is 5.10 Å². The largest absolute Gasteiger partial charge is 0.322 e. The number of nitrogens with zero attached hydrogens (tertiary/aromatic N) is 2. The van der Waals surface area contributed by atoms with E-state index in [1.807, 2.05) is 30.3 Å². The Balaban J connectivity index is 1.54. The summed E-state index contributed by atoms with van der Waals surface area (Å²) in [5.41, 5.74) is 4.63. The minimum Gasteiger partial charge on any atom is -0.320 e. The maximum atomic E-state index is 12.6. The van der Waals surface area contributed by atoms with Gasteiger partial charge in [0.2, 0.25) is 0 Å². The molecule has 7 heteroatoms. The van der Waals surface area contributed by atoms with Crippen LogP contribution in [0.4, 0.5) is 10.5 Å². The Hall–Kier alpha value is -2.50. The molecule has 0 spiro atoms. The number of carbonyl (C=O) groups is 1. The maximum Gasteiger partial charge on any atom is 0.322 e. The fourth-order valence-electron chi connectivity index (χ4n) is 3.08. The summed E-state index contributed by atoms with van der Waals surface area (Å²) in [6.45, 7) is 1.12. The second-order valence-electron chi connectivity index (χ2n) is 6.15. The third-order valence-electron chi connectivity index (χ3n) is 4.41. The number of halogens is 2. The zero-order valence-corrected chi connectivity index (χ0v) is 15.3. The molecule has 0 saturated heterocycles. The molecule has 2 heterocycles. The van der Waals surface area contributed by atoms with Crippen LogP contribution in [0.1, 0.15) is 11.3 Å². The number of urea groups is 1. The number of aromatic amines is 1. The summed E-state index contributed by atoms with van der Waals surface area (Å²) in [7, 11) is 0. The van der Waals surface area contributed by atoms with Gasteiger partial charge in [0.15, 0.2) is 0 Å². The number of anilines is 1. The highest BCUT2D eigenvalue weighted by molar-refractivity contribution is 6.31. The minimum absolute atomic E-state index is 0.152. The molecule has 26 heavy (non-hydrogen) atoms. The molecule has 1 aromatic heterocycles. The number of amides is 2. The van der Waals surface area contributed by atoms with Crippen molar-refractivity contribution in [3.8, 4) is 11.3 Å². The molecule has 0 saturated carbocycles. The number of nitrogens with one attached hydrogen (secondary N) is 2. The molecule has 0 aliphatic carbocycles. The smallest absolute Gasteiger partial charge is 0.320 e. The van der Waals surface area contributed by atoms with E-state index in [1.54, 1.807) is 23.1 Å². The molecule has 0 radical (unpaired) electrons. The number of fused-ring (bicyclic) bond motifs is 1. The van der Waals surface area contributed by atoms with Crippen LogP contribution in [0.3, 0.4) is 0 Å². The molecular weight excluding hydrogens is 371 g/mol. The molecule has 2 N–H and O–H groups in total. The Morgan fingerprint density at radius 3 is 2.69 bits per heavy atom. The number of benzene rings is 2. The van der Waals surface area contributed by atoms with Gasteiger partial charge in [-0.25, -0.2) is 4.79 Å². The van der Waals surface area contributed by atoms with E-state index in [0.717, 1.165) is 28.9 Å². The van der Waals surface area contributed by atoms with Crippen molar-refractivity contribution in [1.29, 1.82) is 0 Å². The van der Waals surface area contributed by atoms with Crippen LogP contribution in [0, 0.1) is 0 Å². The van der Waals surface area contributed by atoms with Gasteiger partial charge in [-0.15, -0.1) is 0 Å². The van der Waals surface area contributed by atoms with E-state index >= 15 is 0 Å². The average Bonchev–Trinajstić information content (AvgIpc) is 3.05. The highest BCUT2D eigenvalue weighted by Gasteiger charge is 2.25. The molecule has 132 valence electrons. The lowest BCUT2D eigenvalue weighted by Crippen LogP contribution is -2.38. The standard InChI is InChI=1S/C19H16Cl2N4O/c20-13-6-4-12(5-7-13)18-16-11-25(9-8-17(16)23-24-18)19(26)22-15-3-1-2-14(21)10-15/h1-7,10H,8-9,11H2,(H,22,26)(H,23,24). The Morgan fingerprint density at radius 1 is 1.12 bits per heavy atom. The summed E-state index contributed by atoms with van der Waals surface area (Å²) in [6.07, 6.45) is 0.735. The van der Waals surface area contributed by atoms with Crippen molar-refractivity contribution in [1.82, 2.24) is 15.1 Å². The fraction of sp³-hybridized carbons (Fsp3) is 0.158. The first-order chi connectivity index (χ1) is 12.6. The van der Waals surface area contributed by atoms with Crippen LogP contribution in [0.25, 0.3) is 11.3 Å². The number of hydrogen-bond donors (Lipinski definition) is 2. The number of hydrogen-bond acceptors (Lipinski definition) is 2. The first kappa shape index (κ1) is 16.9. The van der Waals surface area contributed by atoms with Crippen molar-refractivity contribution < 1.29 is 4.79 Å². The van der Waals surface area contributed by atoms with Crippen molar-refractivity contribution >= 4 is 34.9 Å². The third kappa shape index (κ3) is 3.41. The SMILES string of the molecule is O=C(Nc1cccc(Cl)c1)N1CCc2[nH]nc(-c3ccc(Cl)cc3)c2C1. The van der Waals surface area contributed by atoms with Gasteiger partial charge >= 0.3 is 6.03 Å². The molecule has 1 aliphatic rings. The predicted octanol–water partition coefficient (Wildman–Crippen LogP) is 4.97. The molecule has 2 amide bonds. The van der Waals surface area contributed by atoms with Gasteiger partial charge in [-0.1, -0.05) is 41.4 Å². The van der Waals surface area contributed by atoms with Crippen molar-refractivity contribution in [3.63, 3.8) is 0 Å². The van der Waals surface area contributed by atoms with Gasteiger partial charge < -0.3 is 10.2 Å². The van der Waals surface area contributed by atoms with E-state index in [-0.39, 0.29) is 6.03 Å². The number of aromatic nitrogens is 2. The molecular formula is C19H16Cl2N4O. The van der Waals surface area contributed by atoms with E-state index in [2.05, 4.69) is 15.5 Å². The van der Waals surface area contributed by atoms with Crippen LogP contribution in [-0.4, -0.2) is 27.7 Å². The lowest BCUT2D eigenvalue weighted by atomic mass is 10.0. The summed E-state index contributed by atoms with van der Waals surface area (Å²) in [5, 5.41) is 11.7. The van der Waals surface area contributed by atoms with E-state index in [0.29, 0.717) is 28.8 Å². The molecule has 0 unspecified atom stereocenters. The predicted molar refractivity (Wildman–Crippen MR) is 104 cm³/mol. The first-order valence-corrected chi connectivity index (χ1v) is 8.99. The van der Waals surface area contributed by atoms with Crippen LogP contribution in [0.15, 0.2) is 48.5 Å². The normalized spacial score (nSPS) is 13.4. The zero-order chi connectivity index (χ0) is 18.1. The summed E-state index contributed by atoms with van der Waals surface area (Å²) >= 11 is 11.9. The Bertz CT molecular complexity index is 952. The molecule has 1 aliphatic heterocycles. The first-order valence-electron chi connectivity index (χ1n) is 8.24. The monoisotopic (exact) mass is 386 g/mol. The van der Waals surface area contributed by atoms with E-state index in [9.17, 15) is 4.79 Å². The molecule has 0 fully saturated rings. The third-order valence-corrected chi connectivity index (χ3v) is 4.90. The molecule has 3 aromatic rings. The van der Waals surface area contributed by atoms with E-state index < -0.39 is 0 Å². The van der Waals surface area contributed by atoms with E-state index in [4.69, 9.17) is 23.2 Å². The Morgan fingerprint density at radius 2 is 1.92 bits per heavy atom. The number of H-pyrrole nitrogens is 1. The highest BCUT2D eigenvalue weighted by atomic mass is 35.5. The lowest BCUT2D eigenvalue weighted by Gasteiger charge is -2.27. The quantitative estimate of drug-likeness (QED) is 0.652. The second-order valence-corrected chi connectivity index (χ2v) is 7.02. The van der Waals surface area contributed by atoms with Gasteiger partial charge in [0.1, 0.15) is 0 Å². The summed E-state index contributed by atoms with van der Waals surface area (Å²) in [6, 6.07) is 14.5. The van der Waals surface area contributed by atoms with Gasteiger partial charge in [0, 0.05) is 45.5 Å². The van der Waals surface area contributed by atoms with Crippen LogP contribution in [0.2, 0.25) is 10.0 Å². The van der Waals surface area contributed by atoms with Crippen LogP contribution >= 0.6 is 23.2 Å². The lowest BCUT2D eigenvalue weighted by molar-refractivity contribution is 0.206. The van der Waals surface area contributed by atoms with Crippen molar-refractivity contribution in [3.05, 3.63) is 69.8 Å². The second kappa shape index (κ2) is 7.02. The Kier molecular flexibility index (Phi) is 4.57. The van der Waals surface area contributed by atoms with Gasteiger partial charge in [-0.3, -0.25) is 5.10 Å². The fourth-order valence-corrected chi connectivity index (χ4v) is 3.40. The topological polar surface area (TPSA) is 61.0 Å². The summed E-state index contributed by atoms with van der Waals surface area (Å²) < 4.78 is 0. The summed E-state index contributed by atoms with van der Waals surface area (Å²) in [4.78, 5) is 14.4. The molecule has 4 rings (SSSR count). The van der Waals surface area contributed by atoms with E-state index in [1.165, 1.54) is 0 Å². The highest BCUT2D eigenvalue weighted by Crippen LogP contribution is 2.29. The zero-order valence-electron chi connectivity index (χ0n) is 13.8. The van der Waals surface area contributed by atoms with Crippen molar-refractivity contribution in [2.24, 2.45) is 0 Å². The molecule has 5 nitrogen and oxygen atoms in total. The molecule has 2 aromatic carbocycles. The molecule has 0 bridgehead atoms. The van der Waals surface area contributed by atoms with Crippen LogP contribution in [-0.2, 0) is 13.0 Å². The van der Waals surface area contributed by atoms with Gasteiger partial charge in [0.25, 0.3) is 0 Å². The number of rotatable bonds is 2. The summed E-state index contributed by atoms with van der Waals surface area (Å²) in [5.74, 6) is 0. The minimum atomic E-state index is -0.152. The van der Waals surface area contributed by atoms with Gasteiger partial charge in [0.05, 0.1) is 12.2 Å². The van der Waals surface area contributed by atoms with Crippen LogP contribution in [0.5, 0.6) is 0 Å². The van der Waals surface area contributed by atoms with Crippen LogP contribution < -0.4 is 5.32 Å². The molecule has 0 atom stereocenters. The van der Waals surface area contributed by atoms with Crippen molar-refractivity contribution in [2.75, 3.05) is 11.9 Å².